The highest BCUT2D eigenvalue weighted by molar-refractivity contribution is 5.70. The first-order valence-corrected chi connectivity index (χ1v) is 7.32. The van der Waals surface area contributed by atoms with Crippen LogP contribution in [0.1, 0.15) is 44.2 Å². The average molecular weight is 274 g/mol. The van der Waals surface area contributed by atoms with Crippen molar-refractivity contribution in [2.24, 2.45) is 5.73 Å². The fourth-order valence-corrected chi connectivity index (χ4v) is 2.95. The van der Waals surface area contributed by atoms with Gasteiger partial charge in [-0.3, -0.25) is 0 Å². The van der Waals surface area contributed by atoms with E-state index in [1.54, 1.807) is 4.52 Å². The summed E-state index contributed by atoms with van der Waals surface area (Å²) in [6, 6.07) is 2.20. The van der Waals surface area contributed by atoms with Crippen molar-refractivity contribution in [2.75, 3.05) is 17.6 Å². The zero-order chi connectivity index (χ0) is 14.1. The van der Waals surface area contributed by atoms with Crippen LogP contribution < -0.4 is 16.8 Å². The van der Waals surface area contributed by atoms with Crippen molar-refractivity contribution >= 4 is 17.2 Å². The molecule has 1 aliphatic carbocycles. The van der Waals surface area contributed by atoms with Gasteiger partial charge < -0.3 is 16.8 Å². The third-order valence-electron chi connectivity index (χ3n) is 4.02. The van der Waals surface area contributed by atoms with E-state index in [0.717, 1.165) is 49.3 Å². The van der Waals surface area contributed by atoms with Crippen molar-refractivity contribution in [1.29, 1.82) is 0 Å². The van der Waals surface area contributed by atoms with Crippen molar-refractivity contribution in [1.82, 2.24) is 14.6 Å². The number of hydrogen-bond acceptors (Lipinski definition) is 5. The van der Waals surface area contributed by atoms with Gasteiger partial charge in [-0.2, -0.15) is 0 Å². The van der Waals surface area contributed by atoms with E-state index in [2.05, 4.69) is 17.3 Å². The Labute approximate surface area is 118 Å². The number of hydrogen-bond donors (Lipinski definition) is 3. The highest BCUT2D eigenvalue weighted by atomic mass is 15.3. The molecule has 2 heterocycles. The molecule has 2 aromatic heterocycles. The molecular formula is C14H22N6. The number of nitrogens with two attached hydrogens (primary N) is 2. The molecule has 0 unspecified atom stereocenters. The molecule has 0 spiro atoms. The molecule has 1 saturated carbocycles. The minimum absolute atomic E-state index is 0.356. The van der Waals surface area contributed by atoms with Crippen LogP contribution in [-0.4, -0.2) is 27.2 Å². The second-order valence-electron chi connectivity index (χ2n) is 5.56. The standard InChI is InChI=1S/C14H22N6/c1-2-17-11-7-13(16)19-20-8-12(18-14(11)20)9-3-5-10(15)6-4-9/h7-10,17H,2-6,15H2,1H3,(H2,16,19). The van der Waals surface area contributed by atoms with E-state index in [4.69, 9.17) is 16.5 Å². The van der Waals surface area contributed by atoms with Crippen LogP contribution in [0.4, 0.5) is 11.5 Å². The van der Waals surface area contributed by atoms with Gasteiger partial charge in [0, 0.05) is 24.6 Å². The van der Waals surface area contributed by atoms with Crippen molar-refractivity contribution in [2.45, 2.75) is 44.6 Å². The molecule has 6 nitrogen and oxygen atoms in total. The van der Waals surface area contributed by atoms with Crippen molar-refractivity contribution < 1.29 is 0 Å². The Hall–Kier alpha value is -1.82. The zero-order valence-corrected chi connectivity index (χ0v) is 11.8. The maximum absolute atomic E-state index is 5.97. The second-order valence-corrected chi connectivity index (χ2v) is 5.56. The van der Waals surface area contributed by atoms with Gasteiger partial charge in [-0.15, -0.1) is 5.10 Å². The van der Waals surface area contributed by atoms with Crippen LogP contribution in [0.25, 0.3) is 5.65 Å². The maximum atomic E-state index is 5.97. The molecule has 6 heteroatoms. The van der Waals surface area contributed by atoms with Crippen LogP contribution in [0.3, 0.4) is 0 Å². The summed E-state index contributed by atoms with van der Waals surface area (Å²) in [5, 5.41) is 7.61. The Morgan fingerprint density at radius 1 is 1.35 bits per heavy atom. The van der Waals surface area contributed by atoms with E-state index in [1.807, 2.05) is 12.3 Å². The molecule has 0 atom stereocenters. The Morgan fingerprint density at radius 3 is 2.80 bits per heavy atom. The Kier molecular flexibility index (Phi) is 3.48. The SMILES string of the molecule is CCNc1cc(N)nn2cc(C3CCC(N)CC3)nc12. The normalized spacial score (nSPS) is 23.1. The Balaban J connectivity index is 1.95. The molecule has 3 rings (SSSR count). The predicted molar refractivity (Wildman–Crippen MR) is 80.7 cm³/mol. The van der Waals surface area contributed by atoms with Crippen LogP contribution in [0.15, 0.2) is 12.3 Å². The Morgan fingerprint density at radius 2 is 2.10 bits per heavy atom. The van der Waals surface area contributed by atoms with E-state index >= 15 is 0 Å². The molecule has 1 fully saturated rings. The molecule has 0 bridgehead atoms. The van der Waals surface area contributed by atoms with E-state index in [9.17, 15) is 0 Å². The minimum atomic E-state index is 0.356. The van der Waals surface area contributed by atoms with Crippen LogP contribution in [0, 0.1) is 0 Å². The number of imidazole rings is 1. The molecule has 108 valence electrons. The zero-order valence-electron chi connectivity index (χ0n) is 11.8. The summed E-state index contributed by atoms with van der Waals surface area (Å²) in [7, 11) is 0. The number of aromatic nitrogens is 3. The lowest BCUT2D eigenvalue weighted by Crippen LogP contribution is -2.25. The van der Waals surface area contributed by atoms with Gasteiger partial charge in [0.2, 0.25) is 0 Å². The molecule has 0 saturated heterocycles. The predicted octanol–water partition coefficient (Wildman–Crippen LogP) is 1.73. The van der Waals surface area contributed by atoms with E-state index in [0.29, 0.717) is 17.8 Å². The summed E-state index contributed by atoms with van der Waals surface area (Å²) in [4.78, 5) is 4.76. The van der Waals surface area contributed by atoms with Crippen LogP contribution in [0.2, 0.25) is 0 Å². The lowest BCUT2D eigenvalue weighted by Gasteiger charge is -2.24. The average Bonchev–Trinajstić information content (AvgIpc) is 2.83. The molecule has 0 aromatic carbocycles. The van der Waals surface area contributed by atoms with Gasteiger partial charge in [0.25, 0.3) is 0 Å². The summed E-state index contributed by atoms with van der Waals surface area (Å²) in [5.74, 6) is 0.996. The largest absolute Gasteiger partial charge is 0.382 e. The van der Waals surface area contributed by atoms with Gasteiger partial charge in [-0.25, -0.2) is 9.50 Å². The topological polar surface area (TPSA) is 94.3 Å². The smallest absolute Gasteiger partial charge is 0.177 e. The molecule has 5 N–H and O–H groups in total. The molecule has 20 heavy (non-hydrogen) atoms. The highest BCUT2D eigenvalue weighted by Gasteiger charge is 2.23. The van der Waals surface area contributed by atoms with E-state index in [1.165, 1.54) is 0 Å². The monoisotopic (exact) mass is 274 g/mol. The fourth-order valence-electron chi connectivity index (χ4n) is 2.95. The summed E-state index contributed by atoms with van der Waals surface area (Å²) in [6.07, 6.45) is 6.38. The number of nitrogens with zero attached hydrogens (tertiary/aromatic N) is 3. The third kappa shape index (κ3) is 2.43. The van der Waals surface area contributed by atoms with Crippen LogP contribution in [0.5, 0.6) is 0 Å². The maximum Gasteiger partial charge on any atom is 0.177 e. The molecule has 2 aromatic rings. The lowest BCUT2D eigenvalue weighted by molar-refractivity contribution is 0.391. The summed E-state index contributed by atoms with van der Waals surface area (Å²) in [5.41, 5.74) is 14.7. The second kappa shape index (κ2) is 5.28. The molecule has 0 aliphatic heterocycles. The Bertz CT molecular complexity index is 597. The number of nitrogen functional groups attached to an aromatic ring is 1. The highest BCUT2D eigenvalue weighted by Crippen LogP contribution is 2.32. The summed E-state index contributed by atoms with van der Waals surface area (Å²) < 4.78 is 1.79. The third-order valence-corrected chi connectivity index (χ3v) is 4.02. The number of anilines is 2. The molecule has 0 amide bonds. The van der Waals surface area contributed by atoms with Crippen molar-refractivity contribution in [3.63, 3.8) is 0 Å². The summed E-state index contributed by atoms with van der Waals surface area (Å²) in [6.45, 7) is 2.89. The van der Waals surface area contributed by atoms with Gasteiger partial charge in [0.05, 0.1) is 17.6 Å². The van der Waals surface area contributed by atoms with Crippen LogP contribution in [-0.2, 0) is 0 Å². The number of rotatable bonds is 3. The number of nitrogens with one attached hydrogen (secondary N) is 1. The first kappa shape index (κ1) is 13.2. The van der Waals surface area contributed by atoms with Crippen molar-refractivity contribution in [3.05, 3.63) is 18.0 Å². The van der Waals surface area contributed by atoms with Gasteiger partial charge in [0.1, 0.15) is 5.82 Å². The molecular weight excluding hydrogens is 252 g/mol. The lowest BCUT2D eigenvalue weighted by atomic mass is 9.85. The van der Waals surface area contributed by atoms with Gasteiger partial charge in [-0.05, 0) is 32.6 Å². The van der Waals surface area contributed by atoms with Gasteiger partial charge in [0.15, 0.2) is 5.65 Å². The quantitative estimate of drug-likeness (QED) is 0.792. The van der Waals surface area contributed by atoms with Crippen LogP contribution >= 0.6 is 0 Å². The molecule has 0 radical (unpaired) electrons. The first-order chi connectivity index (χ1) is 9.67. The fraction of sp³-hybridized carbons (Fsp3) is 0.571. The van der Waals surface area contributed by atoms with Crippen molar-refractivity contribution in [3.8, 4) is 0 Å². The molecule has 1 aliphatic rings. The minimum Gasteiger partial charge on any atom is -0.382 e. The van der Waals surface area contributed by atoms with Gasteiger partial charge >= 0.3 is 0 Å². The number of fused-ring (bicyclic) bond motifs is 1. The first-order valence-electron chi connectivity index (χ1n) is 7.32. The van der Waals surface area contributed by atoms with E-state index < -0.39 is 0 Å². The van der Waals surface area contributed by atoms with Gasteiger partial charge in [-0.1, -0.05) is 0 Å². The van der Waals surface area contributed by atoms with E-state index in [-0.39, 0.29) is 0 Å². The summed E-state index contributed by atoms with van der Waals surface area (Å²) >= 11 is 0.